The maximum atomic E-state index is 12.0. The second kappa shape index (κ2) is 6.25. The number of rotatable bonds is 5. The molecule has 21 heavy (non-hydrogen) atoms. The summed E-state index contributed by atoms with van der Waals surface area (Å²) in [4.78, 5) is 14.6. The van der Waals surface area contributed by atoms with Crippen LogP contribution in [0.4, 0.5) is 0 Å². The molecule has 1 aliphatic carbocycles. The van der Waals surface area contributed by atoms with Crippen LogP contribution in [0, 0.1) is 5.41 Å². The van der Waals surface area contributed by atoms with Gasteiger partial charge in [0.15, 0.2) is 0 Å². The molecule has 1 amide bonds. The summed E-state index contributed by atoms with van der Waals surface area (Å²) < 4.78 is 0. The number of hydrogen-bond acceptors (Lipinski definition) is 3. The van der Waals surface area contributed by atoms with Gasteiger partial charge in [0.25, 0.3) is 0 Å². The van der Waals surface area contributed by atoms with E-state index in [0.717, 1.165) is 19.3 Å². The van der Waals surface area contributed by atoms with E-state index in [9.17, 15) is 4.79 Å². The molecule has 1 heterocycles. The van der Waals surface area contributed by atoms with Gasteiger partial charge >= 0.3 is 0 Å². The van der Waals surface area contributed by atoms with Gasteiger partial charge in [-0.1, -0.05) is 20.3 Å². The summed E-state index contributed by atoms with van der Waals surface area (Å²) in [7, 11) is 0. The molecule has 122 valence electrons. The van der Waals surface area contributed by atoms with E-state index in [-0.39, 0.29) is 5.91 Å². The number of carbonyl (C=O) groups excluding carboxylic acids is 1. The van der Waals surface area contributed by atoms with Gasteiger partial charge < -0.3 is 16.0 Å². The Morgan fingerprint density at radius 1 is 1.33 bits per heavy atom. The highest BCUT2D eigenvalue weighted by molar-refractivity contribution is 5.85. The lowest BCUT2D eigenvalue weighted by Gasteiger charge is -2.42. The van der Waals surface area contributed by atoms with E-state index >= 15 is 0 Å². The number of piperidine rings is 1. The topological polar surface area (TPSA) is 58.4 Å². The van der Waals surface area contributed by atoms with E-state index in [0.29, 0.717) is 17.5 Å². The van der Waals surface area contributed by atoms with Crippen molar-refractivity contribution in [3.63, 3.8) is 0 Å². The smallest absolute Gasteiger partial charge is 0.237 e. The second-order valence-corrected chi connectivity index (χ2v) is 7.84. The molecule has 1 aliphatic heterocycles. The Morgan fingerprint density at radius 3 is 2.43 bits per heavy atom. The highest BCUT2D eigenvalue weighted by Crippen LogP contribution is 2.39. The number of primary amides is 1. The normalized spacial score (nSPS) is 33.5. The lowest BCUT2D eigenvalue weighted by molar-refractivity contribution is -0.124. The fourth-order valence-electron chi connectivity index (χ4n) is 4.09. The van der Waals surface area contributed by atoms with Gasteiger partial charge in [-0.25, -0.2) is 0 Å². The maximum Gasteiger partial charge on any atom is 0.237 e. The van der Waals surface area contributed by atoms with Crippen molar-refractivity contribution in [3.8, 4) is 0 Å². The molecule has 2 rings (SSSR count). The van der Waals surface area contributed by atoms with Gasteiger partial charge in [0.2, 0.25) is 5.91 Å². The minimum atomic E-state index is -0.482. The van der Waals surface area contributed by atoms with Crippen molar-refractivity contribution in [2.75, 3.05) is 13.1 Å². The van der Waals surface area contributed by atoms with Gasteiger partial charge in [-0.3, -0.25) is 4.79 Å². The second-order valence-electron chi connectivity index (χ2n) is 7.84. The predicted molar refractivity (Wildman–Crippen MR) is 87.0 cm³/mol. The summed E-state index contributed by atoms with van der Waals surface area (Å²) in [6.45, 7) is 11.2. The molecule has 0 radical (unpaired) electrons. The lowest BCUT2D eigenvalue weighted by Crippen LogP contribution is -2.57. The Bertz CT molecular complexity index is 374. The van der Waals surface area contributed by atoms with Crippen LogP contribution >= 0.6 is 0 Å². The van der Waals surface area contributed by atoms with Crippen LogP contribution in [0.3, 0.4) is 0 Å². The van der Waals surface area contributed by atoms with Crippen molar-refractivity contribution < 1.29 is 4.79 Å². The Kier molecular flexibility index (Phi) is 4.99. The van der Waals surface area contributed by atoms with Crippen molar-refractivity contribution >= 4 is 5.91 Å². The summed E-state index contributed by atoms with van der Waals surface area (Å²) >= 11 is 0. The summed E-state index contributed by atoms with van der Waals surface area (Å²) in [5.41, 5.74) is 5.76. The molecule has 4 heteroatoms. The standard InChI is InChI=1S/C17H33N3O/c1-5-16(4)8-10-20(11-9-16)14-6-7-17(12-14,15(18)21)19-13(2)3/h13-14,19H,5-12H2,1-4H3,(H2,18,21). The summed E-state index contributed by atoms with van der Waals surface area (Å²) in [5.74, 6) is -0.172. The number of nitrogens with zero attached hydrogens (tertiary/aromatic N) is 1. The molecule has 0 aromatic rings. The molecule has 0 spiro atoms. The average molecular weight is 295 g/mol. The number of amides is 1. The molecular formula is C17H33N3O. The Morgan fingerprint density at radius 2 is 1.95 bits per heavy atom. The highest BCUT2D eigenvalue weighted by atomic mass is 16.1. The maximum absolute atomic E-state index is 12.0. The highest BCUT2D eigenvalue weighted by Gasteiger charge is 2.46. The molecule has 2 atom stereocenters. The first-order valence-electron chi connectivity index (χ1n) is 8.62. The number of likely N-dealkylation sites (tertiary alicyclic amines) is 1. The average Bonchev–Trinajstić information content (AvgIpc) is 2.84. The Labute approximate surface area is 129 Å². The van der Waals surface area contributed by atoms with Crippen LogP contribution in [-0.4, -0.2) is 41.5 Å². The first kappa shape index (κ1) is 16.8. The van der Waals surface area contributed by atoms with Gasteiger partial charge in [0, 0.05) is 12.1 Å². The number of hydrogen-bond donors (Lipinski definition) is 2. The number of nitrogens with one attached hydrogen (secondary N) is 1. The quantitative estimate of drug-likeness (QED) is 0.818. The molecular weight excluding hydrogens is 262 g/mol. The SMILES string of the molecule is CCC1(C)CCN(C2CCC(NC(C)C)(C(N)=O)C2)CC1. The van der Waals surface area contributed by atoms with E-state index < -0.39 is 5.54 Å². The van der Waals surface area contributed by atoms with E-state index in [4.69, 9.17) is 5.73 Å². The molecule has 1 saturated heterocycles. The zero-order valence-corrected chi connectivity index (χ0v) is 14.2. The predicted octanol–water partition coefficient (Wildman–Crippen LogP) is 2.27. The fourth-order valence-corrected chi connectivity index (χ4v) is 4.09. The summed E-state index contributed by atoms with van der Waals surface area (Å²) in [5, 5.41) is 3.45. The first-order chi connectivity index (χ1) is 9.80. The zero-order chi connectivity index (χ0) is 15.7. The van der Waals surface area contributed by atoms with Crippen LogP contribution in [0.15, 0.2) is 0 Å². The summed E-state index contributed by atoms with van der Waals surface area (Å²) in [6.07, 6.45) is 6.68. The first-order valence-corrected chi connectivity index (χ1v) is 8.62. The zero-order valence-electron chi connectivity index (χ0n) is 14.2. The van der Waals surface area contributed by atoms with Gasteiger partial charge in [-0.05, 0) is 64.5 Å². The van der Waals surface area contributed by atoms with Gasteiger partial charge in [-0.15, -0.1) is 0 Å². The van der Waals surface area contributed by atoms with E-state index in [1.807, 2.05) is 0 Å². The third-order valence-corrected chi connectivity index (χ3v) is 5.90. The Hall–Kier alpha value is -0.610. The molecule has 1 saturated carbocycles. The third-order valence-electron chi connectivity index (χ3n) is 5.90. The summed E-state index contributed by atoms with van der Waals surface area (Å²) in [6, 6.07) is 0.811. The molecule has 0 aromatic carbocycles. The molecule has 2 aliphatic rings. The van der Waals surface area contributed by atoms with Crippen molar-refractivity contribution in [2.24, 2.45) is 11.1 Å². The molecule has 0 aromatic heterocycles. The van der Waals surface area contributed by atoms with Crippen LogP contribution in [0.1, 0.15) is 66.2 Å². The van der Waals surface area contributed by atoms with Crippen LogP contribution in [0.2, 0.25) is 0 Å². The fraction of sp³-hybridized carbons (Fsp3) is 0.941. The molecule has 4 nitrogen and oxygen atoms in total. The molecule has 0 bridgehead atoms. The van der Waals surface area contributed by atoms with E-state index in [1.54, 1.807) is 0 Å². The van der Waals surface area contributed by atoms with Gasteiger partial charge in [0.05, 0.1) is 5.54 Å². The Balaban J connectivity index is 1.97. The number of nitrogens with two attached hydrogens (primary N) is 1. The van der Waals surface area contributed by atoms with Crippen molar-refractivity contribution in [3.05, 3.63) is 0 Å². The van der Waals surface area contributed by atoms with Crippen molar-refractivity contribution in [1.82, 2.24) is 10.2 Å². The van der Waals surface area contributed by atoms with Gasteiger partial charge in [0.1, 0.15) is 0 Å². The third kappa shape index (κ3) is 3.59. The van der Waals surface area contributed by atoms with Crippen LogP contribution in [0.5, 0.6) is 0 Å². The van der Waals surface area contributed by atoms with Crippen LogP contribution in [0.25, 0.3) is 0 Å². The van der Waals surface area contributed by atoms with E-state index in [2.05, 4.69) is 37.9 Å². The largest absolute Gasteiger partial charge is 0.368 e. The van der Waals surface area contributed by atoms with Crippen LogP contribution in [-0.2, 0) is 4.79 Å². The molecule has 3 N–H and O–H groups in total. The minimum Gasteiger partial charge on any atom is -0.368 e. The minimum absolute atomic E-state index is 0.172. The van der Waals surface area contributed by atoms with Crippen molar-refractivity contribution in [1.29, 1.82) is 0 Å². The lowest BCUT2D eigenvalue weighted by atomic mass is 9.78. The van der Waals surface area contributed by atoms with Crippen molar-refractivity contribution in [2.45, 2.75) is 83.8 Å². The van der Waals surface area contributed by atoms with Crippen LogP contribution < -0.4 is 11.1 Å². The molecule has 2 fully saturated rings. The van der Waals surface area contributed by atoms with E-state index in [1.165, 1.54) is 32.4 Å². The number of carbonyl (C=O) groups is 1. The molecule has 2 unspecified atom stereocenters. The monoisotopic (exact) mass is 295 g/mol. The van der Waals surface area contributed by atoms with Gasteiger partial charge in [-0.2, -0.15) is 0 Å².